The molecule has 1 aliphatic rings. The van der Waals surface area contributed by atoms with Crippen LogP contribution in [0.1, 0.15) is 33.6 Å². The second-order valence-corrected chi connectivity index (χ2v) is 5.21. The molecule has 3 N–H and O–H groups in total. The smallest absolute Gasteiger partial charge is 0.306 e. The Morgan fingerprint density at radius 2 is 2.20 bits per heavy atom. The Morgan fingerprint density at radius 1 is 1.53 bits per heavy atom. The first kappa shape index (κ1) is 12.5. The number of piperidine rings is 1. The van der Waals surface area contributed by atoms with Crippen molar-refractivity contribution < 1.29 is 9.53 Å². The van der Waals surface area contributed by atoms with Gasteiger partial charge >= 0.3 is 5.97 Å². The lowest BCUT2D eigenvalue weighted by molar-refractivity contribution is -0.156. The highest BCUT2D eigenvalue weighted by Crippen LogP contribution is 2.16. The summed E-state index contributed by atoms with van der Waals surface area (Å²) in [6, 6.07) is 0.124. The van der Waals surface area contributed by atoms with Crippen molar-refractivity contribution >= 4 is 5.97 Å². The molecule has 0 spiro atoms. The van der Waals surface area contributed by atoms with Crippen LogP contribution in [0.5, 0.6) is 0 Å². The number of nitrogens with two attached hydrogens (primary N) is 1. The summed E-state index contributed by atoms with van der Waals surface area (Å²) in [6.45, 7) is 7.41. The van der Waals surface area contributed by atoms with Crippen LogP contribution >= 0.6 is 0 Å². The van der Waals surface area contributed by atoms with E-state index in [9.17, 15) is 4.79 Å². The zero-order valence-corrected chi connectivity index (χ0v) is 9.88. The molecule has 0 aromatic carbocycles. The van der Waals surface area contributed by atoms with Crippen molar-refractivity contribution in [2.24, 2.45) is 11.7 Å². The quantitative estimate of drug-likeness (QED) is 0.663. The number of hydrogen-bond donors (Lipinski definition) is 2. The Bertz CT molecular complexity index is 223. The molecule has 0 bridgehead atoms. The zero-order chi connectivity index (χ0) is 11.5. The van der Waals surface area contributed by atoms with Crippen LogP contribution in [0.4, 0.5) is 0 Å². The molecule has 0 aromatic heterocycles. The molecule has 1 rings (SSSR count). The van der Waals surface area contributed by atoms with E-state index in [1.165, 1.54) is 0 Å². The molecule has 1 heterocycles. The maximum absolute atomic E-state index is 11.6. The summed E-state index contributed by atoms with van der Waals surface area (Å²) in [6.07, 6.45) is 1.36. The second-order valence-electron chi connectivity index (χ2n) is 5.21. The average Bonchev–Trinajstić information content (AvgIpc) is 2.05. The van der Waals surface area contributed by atoms with E-state index in [2.05, 4.69) is 5.32 Å². The normalized spacial score (nSPS) is 27.5. The van der Waals surface area contributed by atoms with Crippen LogP contribution in [0.3, 0.4) is 0 Å². The molecule has 1 saturated heterocycles. The Hall–Kier alpha value is -0.610. The van der Waals surface area contributed by atoms with Crippen LogP contribution in [0, 0.1) is 5.92 Å². The van der Waals surface area contributed by atoms with Gasteiger partial charge in [0.15, 0.2) is 0 Å². The molecule has 2 unspecified atom stereocenters. The van der Waals surface area contributed by atoms with Crippen LogP contribution < -0.4 is 11.1 Å². The lowest BCUT2D eigenvalue weighted by atomic mass is 9.91. The van der Waals surface area contributed by atoms with Crippen molar-refractivity contribution in [1.29, 1.82) is 0 Å². The summed E-state index contributed by atoms with van der Waals surface area (Å²) in [7, 11) is 0. The highest BCUT2D eigenvalue weighted by atomic mass is 16.6. The predicted molar refractivity (Wildman–Crippen MR) is 59.4 cm³/mol. The summed E-state index contributed by atoms with van der Waals surface area (Å²) in [5.41, 5.74) is 5.54. The SMILES string of the molecule is CC(C)(C)OC(=O)CC1CNCCC1N. The van der Waals surface area contributed by atoms with Crippen molar-refractivity contribution in [2.75, 3.05) is 13.1 Å². The highest BCUT2D eigenvalue weighted by molar-refractivity contribution is 5.70. The van der Waals surface area contributed by atoms with E-state index in [1.54, 1.807) is 0 Å². The number of rotatable bonds is 2. The molecular weight excluding hydrogens is 192 g/mol. The van der Waals surface area contributed by atoms with Gasteiger partial charge in [-0.2, -0.15) is 0 Å². The van der Waals surface area contributed by atoms with Crippen LogP contribution in [0.2, 0.25) is 0 Å². The standard InChI is InChI=1S/C11H22N2O2/c1-11(2,3)15-10(14)6-8-7-13-5-4-9(8)12/h8-9,13H,4-7,12H2,1-3H3. The molecule has 1 aliphatic heterocycles. The fourth-order valence-electron chi connectivity index (χ4n) is 1.76. The summed E-state index contributed by atoms with van der Waals surface area (Å²) in [5, 5.41) is 3.25. The van der Waals surface area contributed by atoms with Gasteiger partial charge in [-0.1, -0.05) is 0 Å². The lowest BCUT2D eigenvalue weighted by Crippen LogP contribution is -2.46. The maximum atomic E-state index is 11.6. The minimum atomic E-state index is -0.400. The molecule has 0 aliphatic carbocycles. The van der Waals surface area contributed by atoms with E-state index in [4.69, 9.17) is 10.5 Å². The number of nitrogens with one attached hydrogen (secondary N) is 1. The van der Waals surface area contributed by atoms with E-state index < -0.39 is 5.60 Å². The molecule has 1 fully saturated rings. The van der Waals surface area contributed by atoms with Crippen LogP contribution in [0.25, 0.3) is 0 Å². The number of ether oxygens (including phenoxy) is 1. The van der Waals surface area contributed by atoms with Gasteiger partial charge in [-0.15, -0.1) is 0 Å². The third-order valence-corrected chi connectivity index (χ3v) is 2.52. The fourth-order valence-corrected chi connectivity index (χ4v) is 1.76. The minimum absolute atomic E-state index is 0.124. The van der Waals surface area contributed by atoms with Crippen molar-refractivity contribution in [3.63, 3.8) is 0 Å². The van der Waals surface area contributed by atoms with Crippen molar-refractivity contribution in [3.8, 4) is 0 Å². The molecule has 0 radical (unpaired) electrons. The highest BCUT2D eigenvalue weighted by Gasteiger charge is 2.26. The van der Waals surface area contributed by atoms with Gasteiger partial charge in [0.25, 0.3) is 0 Å². The van der Waals surface area contributed by atoms with Gasteiger partial charge in [0.1, 0.15) is 5.60 Å². The number of esters is 1. The first-order valence-electron chi connectivity index (χ1n) is 5.56. The van der Waals surface area contributed by atoms with Gasteiger partial charge in [-0.05, 0) is 46.2 Å². The zero-order valence-electron chi connectivity index (χ0n) is 9.88. The minimum Gasteiger partial charge on any atom is -0.460 e. The average molecular weight is 214 g/mol. The first-order valence-corrected chi connectivity index (χ1v) is 5.56. The van der Waals surface area contributed by atoms with Crippen molar-refractivity contribution in [2.45, 2.75) is 45.3 Å². The molecule has 88 valence electrons. The molecule has 2 atom stereocenters. The van der Waals surface area contributed by atoms with E-state index >= 15 is 0 Å². The summed E-state index contributed by atoms with van der Waals surface area (Å²) in [5.74, 6) is 0.0697. The van der Waals surface area contributed by atoms with Gasteiger partial charge in [0, 0.05) is 6.04 Å². The van der Waals surface area contributed by atoms with E-state index in [-0.39, 0.29) is 17.9 Å². The lowest BCUT2D eigenvalue weighted by Gasteiger charge is -2.29. The van der Waals surface area contributed by atoms with Gasteiger partial charge < -0.3 is 15.8 Å². The number of carbonyl (C=O) groups excluding carboxylic acids is 1. The molecule has 0 aromatic rings. The topological polar surface area (TPSA) is 64.3 Å². The van der Waals surface area contributed by atoms with E-state index in [1.807, 2.05) is 20.8 Å². The van der Waals surface area contributed by atoms with E-state index in [0.29, 0.717) is 6.42 Å². The van der Waals surface area contributed by atoms with Gasteiger partial charge in [0.2, 0.25) is 0 Å². The third kappa shape index (κ3) is 4.62. The Balaban J connectivity index is 2.36. The Kier molecular flexibility index (Phi) is 4.11. The van der Waals surface area contributed by atoms with E-state index in [0.717, 1.165) is 19.5 Å². The summed E-state index contributed by atoms with van der Waals surface area (Å²) >= 11 is 0. The fraction of sp³-hybridized carbons (Fsp3) is 0.909. The first-order chi connectivity index (χ1) is 6.88. The predicted octanol–water partition coefficient (Wildman–Crippen LogP) is 0.655. The Labute approximate surface area is 91.5 Å². The maximum Gasteiger partial charge on any atom is 0.306 e. The molecule has 0 amide bonds. The van der Waals surface area contributed by atoms with Gasteiger partial charge in [0.05, 0.1) is 6.42 Å². The molecule has 4 nitrogen and oxygen atoms in total. The van der Waals surface area contributed by atoms with Crippen molar-refractivity contribution in [1.82, 2.24) is 5.32 Å². The summed E-state index contributed by atoms with van der Waals surface area (Å²) < 4.78 is 5.27. The second kappa shape index (κ2) is 4.94. The van der Waals surface area contributed by atoms with Crippen molar-refractivity contribution in [3.05, 3.63) is 0 Å². The number of carbonyl (C=O) groups is 1. The molecule has 0 saturated carbocycles. The van der Waals surface area contributed by atoms with Crippen LogP contribution in [-0.2, 0) is 9.53 Å². The number of hydrogen-bond acceptors (Lipinski definition) is 4. The molecule has 15 heavy (non-hydrogen) atoms. The van der Waals surface area contributed by atoms with Crippen LogP contribution in [-0.4, -0.2) is 30.7 Å². The monoisotopic (exact) mass is 214 g/mol. The van der Waals surface area contributed by atoms with Gasteiger partial charge in [-0.25, -0.2) is 0 Å². The largest absolute Gasteiger partial charge is 0.460 e. The summed E-state index contributed by atoms with van der Waals surface area (Å²) in [4.78, 5) is 11.6. The van der Waals surface area contributed by atoms with Crippen LogP contribution in [0.15, 0.2) is 0 Å². The molecule has 4 heteroatoms. The Morgan fingerprint density at radius 3 is 2.73 bits per heavy atom. The van der Waals surface area contributed by atoms with Gasteiger partial charge in [-0.3, -0.25) is 4.79 Å². The molecular formula is C11H22N2O2. The third-order valence-electron chi connectivity index (χ3n) is 2.52.